The lowest BCUT2D eigenvalue weighted by atomic mass is 9.96. The monoisotopic (exact) mass is 458 g/mol. The van der Waals surface area contributed by atoms with E-state index in [2.05, 4.69) is 4.98 Å². The fourth-order valence-electron chi connectivity index (χ4n) is 3.98. The van der Waals surface area contributed by atoms with Crippen LogP contribution in [0.15, 0.2) is 78.6 Å². The number of nitrogens with zero attached hydrogens (tertiary/aromatic N) is 2. The summed E-state index contributed by atoms with van der Waals surface area (Å²) in [4.78, 5) is 31.9. The Hall–Kier alpha value is -4.13. The summed E-state index contributed by atoms with van der Waals surface area (Å²) in [6.45, 7) is 2.77. The first-order valence-electron chi connectivity index (χ1n) is 11.1. The summed E-state index contributed by atoms with van der Waals surface area (Å²) in [5, 5.41) is 11.2. The lowest BCUT2D eigenvalue weighted by molar-refractivity contribution is -0.140. The molecule has 34 heavy (non-hydrogen) atoms. The summed E-state index contributed by atoms with van der Waals surface area (Å²) in [6.07, 6.45) is 4.10. The van der Waals surface area contributed by atoms with E-state index in [1.165, 1.54) is 4.90 Å². The van der Waals surface area contributed by atoms with E-state index in [4.69, 9.17) is 9.47 Å². The highest BCUT2D eigenvalue weighted by Gasteiger charge is 2.46. The normalized spacial score (nSPS) is 17.1. The molecule has 0 saturated carbocycles. The zero-order chi connectivity index (χ0) is 24.1. The minimum Gasteiger partial charge on any atom is -0.507 e. The summed E-state index contributed by atoms with van der Waals surface area (Å²) in [5.74, 6) is -0.331. The number of ether oxygens (including phenoxy) is 2. The molecule has 1 aromatic heterocycles. The zero-order valence-electron chi connectivity index (χ0n) is 19.1. The van der Waals surface area contributed by atoms with Gasteiger partial charge >= 0.3 is 0 Å². The molecule has 1 unspecified atom stereocenters. The number of likely N-dealkylation sites (tertiary alicyclic amines) is 1. The van der Waals surface area contributed by atoms with Gasteiger partial charge < -0.3 is 19.5 Å². The smallest absolute Gasteiger partial charge is 0.295 e. The highest BCUT2D eigenvalue weighted by atomic mass is 16.5. The summed E-state index contributed by atoms with van der Waals surface area (Å²) in [6, 6.07) is 16.9. The molecule has 0 spiro atoms. The molecule has 1 N–H and O–H groups in total. The van der Waals surface area contributed by atoms with Gasteiger partial charge in [0.15, 0.2) is 0 Å². The van der Waals surface area contributed by atoms with Crippen molar-refractivity contribution in [3.05, 3.63) is 95.3 Å². The van der Waals surface area contributed by atoms with Gasteiger partial charge in [0.25, 0.3) is 11.7 Å². The number of carbonyl (C=O) groups is 2. The number of carbonyl (C=O) groups excluding carboxylic acids is 2. The Morgan fingerprint density at radius 3 is 2.53 bits per heavy atom. The number of methoxy groups -OCH3 is 1. The van der Waals surface area contributed by atoms with Crippen molar-refractivity contribution in [2.75, 3.05) is 13.7 Å². The molecule has 7 nitrogen and oxygen atoms in total. The minimum absolute atomic E-state index is 0.0307. The third-order valence-corrected chi connectivity index (χ3v) is 5.63. The molecule has 4 rings (SSSR count). The highest BCUT2D eigenvalue weighted by molar-refractivity contribution is 6.46. The molecule has 1 aliphatic rings. The largest absolute Gasteiger partial charge is 0.507 e. The topological polar surface area (TPSA) is 89.0 Å². The van der Waals surface area contributed by atoms with Gasteiger partial charge in [0, 0.05) is 24.5 Å². The minimum atomic E-state index is -0.782. The Balaban J connectivity index is 1.76. The van der Waals surface area contributed by atoms with Crippen LogP contribution in [0.4, 0.5) is 0 Å². The molecule has 1 saturated heterocycles. The van der Waals surface area contributed by atoms with E-state index in [9.17, 15) is 14.7 Å². The van der Waals surface area contributed by atoms with Crippen LogP contribution >= 0.6 is 0 Å². The van der Waals surface area contributed by atoms with Crippen molar-refractivity contribution in [3.8, 4) is 11.5 Å². The number of aliphatic hydroxyl groups is 1. The van der Waals surface area contributed by atoms with Crippen LogP contribution in [-0.2, 0) is 16.1 Å². The van der Waals surface area contributed by atoms with E-state index in [-0.39, 0.29) is 17.9 Å². The second-order valence-corrected chi connectivity index (χ2v) is 7.94. The van der Waals surface area contributed by atoms with Gasteiger partial charge in [-0.15, -0.1) is 0 Å². The summed E-state index contributed by atoms with van der Waals surface area (Å²) >= 11 is 0. The molecule has 0 radical (unpaired) electrons. The Morgan fingerprint density at radius 1 is 1.06 bits per heavy atom. The number of aliphatic hydroxyl groups excluding tert-OH is 1. The molecule has 1 atom stereocenters. The number of ketones is 1. The van der Waals surface area contributed by atoms with Crippen molar-refractivity contribution in [2.45, 2.75) is 25.9 Å². The van der Waals surface area contributed by atoms with Crippen molar-refractivity contribution in [1.82, 2.24) is 9.88 Å². The molecule has 1 amide bonds. The van der Waals surface area contributed by atoms with E-state index < -0.39 is 17.7 Å². The fourth-order valence-corrected chi connectivity index (χ4v) is 3.98. The van der Waals surface area contributed by atoms with Crippen LogP contribution in [0.2, 0.25) is 0 Å². The number of hydrogen-bond acceptors (Lipinski definition) is 6. The van der Waals surface area contributed by atoms with E-state index in [1.807, 2.05) is 31.2 Å². The van der Waals surface area contributed by atoms with Crippen molar-refractivity contribution >= 4 is 17.4 Å². The molecule has 0 bridgehead atoms. The summed E-state index contributed by atoms with van der Waals surface area (Å²) in [5.41, 5.74) is 1.89. The molecule has 3 aromatic rings. The maximum atomic E-state index is 13.2. The lowest BCUT2D eigenvalue weighted by Crippen LogP contribution is -2.29. The van der Waals surface area contributed by atoms with Crippen molar-refractivity contribution in [2.24, 2.45) is 0 Å². The van der Waals surface area contributed by atoms with Crippen LogP contribution < -0.4 is 9.47 Å². The van der Waals surface area contributed by atoms with E-state index in [1.54, 1.807) is 55.9 Å². The van der Waals surface area contributed by atoms with E-state index in [0.717, 1.165) is 12.0 Å². The van der Waals surface area contributed by atoms with Gasteiger partial charge in [-0.2, -0.15) is 0 Å². The van der Waals surface area contributed by atoms with Gasteiger partial charge in [0.1, 0.15) is 17.3 Å². The Morgan fingerprint density at radius 2 is 1.85 bits per heavy atom. The molecule has 174 valence electrons. The van der Waals surface area contributed by atoms with Crippen LogP contribution in [0.25, 0.3) is 5.76 Å². The number of aromatic nitrogens is 1. The maximum absolute atomic E-state index is 13.2. The standard InChI is InChI=1S/C27H26N2O5/c1-3-14-34-21-11-9-19(10-12-21)25(30)23-24(20-7-5-13-28-16-20)29(27(32)26(23)31)17-18-6-4-8-22(15-18)33-2/h4-13,15-16,24,30H,3,14,17H2,1-2H3/b25-23-. The average molecular weight is 459 g/mol. The van der Waals surface area contributed by atoms with Crippen molar-refractivity contribution in [1.29, 1.82) is 0 Å². The number of benzene rings is 2. The van der Waals surface area contributed by atoms with Gasteiger partial charge in [0.05, 0.1) is 25.3 Å². The third-order valence-electron chi connectivity index (χ3n) is 5.63. The second kappa shape index (κ2) is 10.2. The molecular weight excluding hydrogens is 432 g/mol. The molecule has 1 fully saturated rings. The zero-order valence-corrected chi connectivity index (χ0v) is 19.1. The highest BCUT2D eigenvalue weighted by Crippen LogP contribution is 2.40. The maximum Gasteiger partial charge on any atom is 0.295 e. The van der Waals surface area contributed by atoms with E-state index >= 15 is 0 Å². The van der Waals surface area contributed by atoms with Crippen LogP contribution in [0.3, 0.4) is 0 Å². The van der Waals surface area contributed by atoms with Crippen molar-refractivity contribution in [3.63, 3.8) is 0 Å². The van der Waals surface area contributed by atoms with Gasteiger partial charge in [0.2, 0.25) is 0 Å². The fraction of sp³-hybridized carbons (Fsp3) is 0.222. The quantitative estimate of drug-likeness (QED) is 0.304. The number of rotatable bonds is 8. The second-order valence-electron chi connectivity index (χ2n) is 7.94. The van der Waals surface area contributed by atoms with Gasteiger partial charge in [-0.25, -0.2) is 0 Å². The number of hydrogen-bond donors (Lipinski definition) is 1. The Labute approximate surface area is 198 Å². The molecule has 2 aromatic carbocycles. The molecule has 2 heterocycles. The summed E-state index contributed by atoms with van der Waals surface area (Å²) < 4.78 is 10.9. The Bertz CT molecular complexity index is 1210. The van der Waals surface area contributed by atoms with E-state index in [0.29, 0.717) is 29.2 Å². The first kappa shape index (κ1) is 23.0. The third kappa shape index (κ3) is 4.64. The van der Waals surface area contributed by atoms with Gasteiger partial charge in [-0.1, -0.05) is 25.1 Å². The molecular formula is C27H26N2O5. The number of amides is 1. The molecule has 7 heteroatoms. The van der Waals surface area contributed by atoms with Gasteiger partial charge in [-0.05, 0) is 60.0 Å². The van der Waals surface area contributed by atoms with Crippen molar-refractivity contribution < 1.29 is 24.2 Å². The predicted octanol–water partition coefficient (Wildman–Crippen LogP) is 4.50. The SMILES string of the molecule is CCCOc1ccc(/C(O)=C2/C(=O)C(=O)N(Cc3cccc(OC)c3)C2c2cccnc2)cc1. The van der Waals surface area contributed by atoms with Crippen LogP contribution in [0.5, 0.6) is 11.5 Å². The average Bonchev–Trinajstić information content (AvgIpc) is 3.13. The van der Waals surface area contributed by atoms with Crippen LogP contribution in [-0.4, -0.2) is 40.4 Å². The summed E-state index contributed by atoms with van der Waals surface area (Å²) in [7, 11) is 1.57. The first-order valence-corrected chi connectivity index (χ1v) is 11.1. The van der Waals surface area contributed by atoms with Crippen LogP contribution in [0.1, 0.15) is 36.1 Å². The Kier molecular flexibility index (Phi) is 6.92. The first-order chi connectivity index (χ1) is 16.5. The molecule has 1 aliphatic heterocycles. The molecule has 0 aliphatic carbocycles. The predicted molar refractivity (Wildman–Crippen MR) is 127 cm³/mol. The van der Waals surface area contributed by atoms with Crippen LogP contribution in [0, 0.1) is 0 Å². The lowest BCUT2D eigenvalue weighted by Gasteiger charge is -2.25. The van der Waals surface area contributed by atoms with Gasteiger partial charge in [-0.3, -0.25) is 14.6 Å². The number of pyridine rings is 1. The number of Topliss-reactive ketones (excluding diaryl/α,β-unsaturated/α-hetero) is 1.